The van der Waals surface area contributed by atoms with Crippen molar-refractivity contribution in [2.24, 2.45) is 0 Å². The molecule has 0 saturated carbocycles. The minimum absolute atomic E-state index is 0.227. The molecule has 5 nitrogen and oxygen atoms in total. The summed E-state index contributed by atoms with van der Waals surface area (Å²) in [6, 6.07) is 12.4. The summed E-state index contributed by atoms with van der Waals surface area (Å²) in [5.41, 5.74) is 1.54. The van der Waals surface area contributed by atoms with E-state index in [1.54, 1.807) is 30.3 Å². The number of hydrogen-bond acceptors (Lipinski definition) is 4. The van der Waals surface area contributed by atoms with E-state index in [2.05, 4.69) is 4.90 Å². The van der Waals surface area contributed by atoms with Crippen LogP contribution < -0.4 is 4.90 Å². The second-order valence-electron chi connectivity index (χ2n) is 6.95. The maximum Gasteiger partial charge on any atom is 0.282 e. The van der Waals surface area contributed by atoms with Crippen molar-refractivity contribution in [2.75, 3.05) is 38.1 Å². The lowest BCUT2D eigenvalue weighted by Gasteiger charge is -2.34. The minimum Gasteiger partial charge on any atom is -0.364 e. The van der Waals surface area contributed by atoms with Gasteiger partial charge in [-0.05, 0) is 42.9 Å². The van der Waals surface area contributed by atoms with Crippen molar-refractivity contribution in [3.63, 3.8) is 0 Å². The maximum absolute atomic E-state index is 13.7. The number of hydrogen-bond donors (Lipinski definition) is 0. The molecule has 0 aromatic heterocycles. The summed E-state index contributed by atoms with van der Waals surface area (Å²) < 4.78 is 13.7. The summed E-state index contributed by atoms with van der Waals surface area (Å²) >= 11 is 5.99. The SMILES string of the molecule is CN1CCN(C2=C(c3ccc(Cl)cc3)C(=O)N(c3cccc(F)c3)C2=O)CC1. The zero-order valence-corrected chi connectivity index (χ0v) is 16.1. The van der Waals surface area contributed by atoms with Gasteiger partial charge in [0.15, 0.2) is 0 Å². The van der Waals surface area contributed by atoms with Gasteiger partial charge in [0.2, 0.25) is 0 Å². The van der Waals surface area contributed by atoms with Crippen molar-refractivity contribution in [3.05, 3.63) is 70.6 Å². The molecule has 1 saturated heterocycles. The van der Waals surface area contributed by atoms with Crippen LogP contribution in [0.2, 0.25) is 5.02 Å². The number of carbonyl (C=O) groups excluding carboxylic acids is 2. The summed E-state index contributed by atoms with van der Waals surface area (Å²) in [6.45, 7) is 2.86. The van der Waals surface area contributed by atoms with Crippen LogP contribution >= 0.6 is 11.6 Å². The number of rotatable bonds is 3. The van der Waals surface area contributed by atoms with Crippen LogP contribution in [0.25, 0.3) is 5.57 Å². The number of benzene rings is 2. The highest BCUT2D eigenvalue weighted by molar-refractivity contribution is 6.45. The topological polar surface area (TPSA) is 43.9 Å². The molecule has 0 spiro atoms. The van der Waals surface area contributed by atoms with Gasteiger partial charge in [-0.15, -0.1) is 0 Å². The Morgan fingerprint density at radius 1 is 0.929 bits per heavy atom. The van der Waals surface area contributed by atoms with Crippen molar-refractivity contribution in [3.8, 4) is 0 Å². The Kier molecular flexibility index (Phi) is 4.91. The molecule has 0 aliphatic carbocycles. The number of imide groups is 1. The molecule has 2 aromatic carbocycles. The molecule has 7 heteroatoms. The van der Waals surface area contributed by atoms with Crippen molar-refractivity contribution in [2.45, 2.75) is 0 Å². The van der Waals surface area contributed by atoms with Crippen LogP contribution in [-0.2, 0) is 9.59 Å². The van der Waals surface area contributed by atoms with Gasteiger partial charge in [0, 0.05) is 31.2 Å². The van der Waals surface area contributed by atoms with E-state index < -0.39 is 17.6 Å². The molecule has 2 heterocycles. The standard InChI is InChI=1S/C21H19ClFN3O2/c1-24-9-11-25(12-10-24)19-18(14-5-7-15(22)8-6-14)20(27)26(21(19)28)17-4-2-3-16(23)13-17/h2-8,13H,9-12H2,1H3. The van der Waals surface area contributed by atoms with Gasteiger partial charge in [-0.25, -0.2) is 9.29 Å². The Balaban J connectivity index is 1.81. The van der Waals surface area contributed by atoms with Crippen LogP contribution in [-0.4, -0.2) is 54.8 Å². The fraction of sp³-hybridized carbons (Fsp3) is 0.238. The largest absolute Gasteiger partial charge is 0.364 e. The van der Waals surface area contributed by atoms with E-state index in [1.807, 2.05) is 11.9 Å². The molecule has 28 heavy (non-hydrogen) atoms. The molecule has 0 bridgehead atoms. The van der Waals surface area contributed by atoms with Crippen LogP contribution in [0.1, 0.15) is 5.56 Å². The molecule has 2 aliphatic heterocycles. The van der Waals surface area contributed by atoms with Gasteiger partial charge >= 0.3 is 0 Å². The van der Waals surface area contributed by atoms with E-state index in [0.717, 1.165) is 18.0 Å². The van der Waals surface area contributed by atoms with Crippen LogP contribution in [0.5, 0.6) is 0 Å². The van der Waals surface area contributed by atoms with Crippen molar-refractivity contribution >= 4 is 34.7 Å². The average Bonchev–Trinajstić information content (AvgIpc) is 2.93. The Bertz CT molecular complexity index is 966. The third-order valence-electron chi connectivity index (χ3n) is 5.08. The summed E-state index contributed by atoms with van der Waals surface area (Å²) in [6.07, 6.45) is 0. The lowest BCUT2D eigenvalue weighted by molar-refractivity contribution is -0.120. The van der Waals surface area contributed by atoms with Crippen molar-refractivity contribution < 1.29 is 14.0 Å². The summed E-state index contributed by atoms with van der Waals surface area (Å²) in [5, 5.41) is 0.546. The van der Waals surface area contributed by atoms with Crippen LogP contribution in [0.4, 0.5) is 10.1 Å². The average molecular weight is 400 g/mol. The zero-order chi connectivity index (χ0) is 19.8. The van der Waals surface area contributed by atoms with E-state index in [9.17, 15) is 14.0 Å². The first-order valence-electron chi connectivity index (χ1n) is 9.04. The molecule has 0 unspecified atom stereocenters. The fourth-order valence-electron chi connectivity index (χ4n) is 3.57. The summed E-state index contributed by atoms with van der Waals surface area (Å²) in [4.78, 5) is 31.8. The second-order valence-corrected chi connectivity index (χ2v) is 7.38. The second kappa shape index (κ2) is 7.37. The van der Waals surface area contributed by atoms with Gasteiger partial charge in [0.1, 0.15) is 11.5 Å². The molecule has 0 N–H and O–H groups in total. The van der Waals surface area contributed by atoms with E-state index in [0.29, 0.717) is 34.9 Å². The van der Waals surface area contributed by atoms with Gasteiger partial charge in [-0.2, -0.15) is 0 Å². The van der Waals surface area contributed by atoms with Crippen LogP contribution in [0.3, 0.4) is 0 Å². The van der Waals surface area contributed by atoms with Gasteiger partial charge in [-0.3, -0.25) is 9.59 Å². The molecule has 144 valence electrons. The van der Waals surface area contributed by atoms with Gasteiger partial charge in [0.05, 0.1) is 11.3 Å². The number of halogens is 2. The Labute approximate surface area is 167 Å². The monoisotopic (exact) mass is 399 g/mol. The first-order chi connectivity index (χ1) is 13.5. The molecule has 0 radical (unpaired) electrons. The molecule has 1 fully saturated rings. The normalized spacial score (nSPS) is 18.4. The molecule has 0 atom stereocenters. The molecular weight excluding hydrogens is 381 g/mol. The van der Waals surface area contributed by atoms with Crippen molar-refractivity contribution in [1.29, 1.82) is 0 Å². The lowest BCUT2D eigenvalue weighted by Crippen LogP contribution is -2.46. The number of amides is 2. The summed E-state index contributed by atoms with van der Waals surface area (Å²) in [5.74, 6) is -1.38. The van der Waals surface area contributed by atoms with Crippen molar-refractivity contribution in [1.82, 2.24) is 9.80 Å². The smallest absolute Gasteiger partial charge is 0.282 e. The zero-order valence-electron chi connectivity index (χ0n) is 15.4. The third kappa shape index (κ3) is 3.30. The van der Waals surface area contributed by atoms with Gasteiger partial charge in [0.25, 0.3) is 11.8 Å². The molecule has 4 rings (SSSR count). The molecular formula is C21H19ClFN3O2. The van der Waals surface area contributed by atoms with E-state index >= 15 is 0 Å². The Morgan fingerprint density at radius 3 is 2.25 bits per heavy atom. The van der Waals surface area contributed by atoms with E-state index in [-0.39, 0.29) is 5.69 Å². The molecule has 2 aliphatic rings. The maximum atomic E-state index is 13.7. The highest BCUT2D eigenvalue weighted by atomic mass is 35.5. The Morgan fingerprint density at radius 2 is 1.61 bits per heavy atom. The number of anilines is 1. The highest BCUT2D eigenvalue weighted by Gasteiger charge is 2.43. The predicted molar refractivity (Wildman–Crippen MR) is 106 cm³/mol. The Hall–Kier alpha value is -2.70. The number of carbonyl (C=O) groups is 2. The fourth-order valence-corrected chi connectivity index (χ4v) is 3.69. The minimum atomic E-state index is -0.501. The summed E-state index contributed by atoms with van der Waals surface area (Å²) in [7, 11) is 2.02. The highest BCUT2D eigenvalue weighted by Crippen LogP contribution is 2.35. The van der Waals surface area contributed by atoms with Crippen LogP contribution in [0, 0.1) is 5.82 Å². The number of piperazine rings is 1. The molecule has 2 amide bonds. The number of nitrogens with zero attached hydrogens (tertiary/aromatic N) is 3. The lowest BCUT2D eigenvalue weighted by atomic mass is 10.0. The first-order valence-corrected chi connectivity index (χ1v) is 9.41. The van der Waals surface area contributed by atoms with E-state index in [4.69, 9.17) is 11.6 Å². The van der Waals surface area contributed by atoms with Gasteiger partial charge in [-0.1, -0.05) is 29.8 Å². The molecule has 2 aromatic rings. The van der Waals surface area contributed by atoms with Crippen LogP contribution in [0.15, 0.2) is 54.2 Å². The predicted octanol–water partition coefficient (Wildman–Crippen LogP) is 3.01. The quantitative estimate of drug-likeness (QED) is 0.744. The number of likely N-dealkylation sites (N-methyl/N-ethyl adjacent to an activating group) is 1. The van der Waals surface area contributed by atoms with Gasteiger partial charge < -0.3 is 9.80 Å². The first kappa shape index (κ1) is 18.7. The third-order valence-corrected chi connectivity index (χ3v) is 5.33. The van der Waals surface area contributed by atoms with E-state index in [1.165, 1.54) is 18.2 Å².